The molecular formula is C28H36N4O3. The standard InChI is InChI=1S/C28H36N4O3/c1-2-20-12-14-22(15-13-20)28(35)32-18-16-31(17-19-32)24-11-7-6-10-23(24)27(34)30-25(26(29)33)21-8-4-3-5-9-21/h3-5,8-9,12-15,23-25H,2,6-7,10-11,16-19H2,1H3,(H2,29,33)(H,30,34)/t23-,24-,25+/m1/s1. The van der Waals surface area contributed by atoms with Crippen LogP contribution in [0.5, 0.6) is 0 Å². The van der Waals surface area contributed by atoms with Crippen molar-refractivity contribution < 1.29 is 14.4 Å². The summed E-state index contributed by atoms with van der Waals surface area (Å²) in [7, 11) is 0. The van der Waals surface area contributed by atoms with Gasteiger partial charge >= 0.3 is 0 Å². The van der Waals surface area contributed by atoms with Gasteiger partial charge in [0.2, 0.25) is 11.8 Å². The Bertz CT molecular complexity index is 1020. The molecule has 1 aliphatic heterocycles. The minimum absolute atomic E-state index is 0.0670. The highest BCUT2D eigenvalue weighted by Gasteiger charge is 2.38. The maximum atomic E-state index is 13.3. The molecule has 2 aliphatic rings. The number of hydrogen-bond donors (Lipinski definition) is 2. The van der Waals surface area contributed by atoms with E-state index in [9.17, 15) is 14.4 Å². The van der Waals surface area contributed by atoms with E-state index in [4.69, 9.17) is 5.73 Å². The lowest BCUT2D eigenvalue weighted by Gasteiger charge is -2.44. The maximum Gasteiger partial charge on any atom is 0.253 e. The summed E-state index contributed by atoms with van der Waals surface area (Å²) in [5.74, 6) is -0.802. The van der Waals surface area contributed by atoms with Crippen molar-refractivity contribution in [2.24, 2.45) is 11.7 Å². The number of rotatable bonds is 7. The van der Waals surface area contributed by atoms with Crippen LogP contribution in [0.2, 0.25) is 0 Å². The SMILES string of the molecule is CCc1ccc(C(=O)N2CCN([C@@H]3CCCC[C@H]3C(=O)N[C@H](C(N)=O)c3ccccc3)CC2)cc1. The Morgan fingerprint density at radius 1 is 0.943 bits per heavy atom. The van der Waals surface area contributed by atoms with Gasteiger partial charge in [0.25, 0.3) is 5.91 Å². The van der Waals surface area contributed by atoms with E-state index in [1.807, 2.05) is 47.4 Å². The molecule has 4 rings (SSSR count). The molecule has 1 aliphatic carbocycles. The molecule has 3 amide bonds. The van der Waals surface area contributed by atoms with Gasteiger partial charge in [-0.1, -0.05) is 62.2 Å². The number of benzene rings is 2. The number of amides is 3. The van der Waals surface area contributed by atoms with E-state index in [-0.39, 0.29) is 23.8 Å². The van der Waals surface area contributed by atoms with Crippen LogP contribution < -0.4 is 11.1 Å². The molecule has 0 unspecified atom stereocenters. The van der Waals surface area contributed by atoms with Crippen molar-refractivity contribution in [3.8, 4) is 0 Å². The molecular weight excluding hydrogens is 440 g/mol. The Kier molecular flexibility index (Phi) is 8.18. The Balaban J connectivity index is 1.38. The smallest absolute Gasteiger partial charge is 0.253 e. The average molecular weight is 477 g/mol. The maximum absolute atomic E-state index is 13.3. The molecule has 1 saturated heterocycles. The normalized spacial score (nSPS) is 21.8. The molecule has 0 bridgehead atoms. The highest BCUT2D eigenvalue weighted by atomic mass is 16.2. The first kappa shape index (κ1) is 24.9. The van der Waals surface area contributed by atoms with Gasteiger partial charge in [-0.05, 0) is 42.5 Å². The second kappa shape index (κ2) is 11.5. The van der Waals surface area contributed by atoms with Gasteiger partial charge in [-0.2, -0.15) is 0 Å². The zero-order chi connectivity index (χ0) is 24.8. The van der Waals surface area contributed by atoms with E-state index in [1.165, 1.54) is 5.56 Å². The van der Waals surface area contributed by atoms with Gasteiger partial charge in [-0.15, -0.1) is 0 Å². The van der Waals surface area contributed by atoms with E-state index in [1.54, 1.807) is 12.1 Å². The van der Waals surface area contributed by atoms with Gasteiger partial charge in [0, 0.05) is 37.8 Å². The van der Waals surface area contributed by atoms with Crippen LogP contribution in [0.25, 0.3) is 0 Å². The van der Waals surface area contributed by atoms with Crippen molar-refractivity contribution >= 4 is 17.7 Å². The molecule has 2 aromatic rings. The molecule has 3 atom stereocenters. The van der Waals surface area contributed by atoms with Gasteiger partial charge in [-0.3, -0.25) is 19.3 Å². The molecule has 2 aromatic carbocycles. The van der Waals surface area contributed by atoms with Crippen molar-refractivity contribution in [2.45, 2.75) is 51.1 Å². The first-order valence-electron chi connectivity index (χ1n) is 12.7. The van der Waals surface area contributed by atoms with Crippen LogP contribution in [0.3, 0.4) is 0 Å². The zero-order valence-corrected chi connectivity index (χ0v) is 20.5. The molecule has 1 heterocycles. The molecule has 0 spiro atoms. The van der Waals surface area contributed by atoms with Crippen LogP contribution in [-0.4, -0.2) is 59.7 Å². The largest absolute Gasteiger partial charge is 0.368 e. The van der Waals surface area contributed by atoms with Crippen LogP contribution in [-0.2, 0) is 16.0 Å². The van der Waals surface area contributed by atoms with Gasteiger partial charge in [-0.25, -0.2) is 0 Å². The van der Waals surface area contributed by atoms with Crippen LogP contribution >= 0.6 is 0 Å². The molecule has 2 fully saturated rings. The molecule has 186 valence electrons. The number of aryl methyl sites for hydroxylation is 1. The van der Waals surface area contributed by atoms with E-state index < -0.39 is 11.9 Å². The van der Waals surface area contributed by atoms with Crippen molar-refractivity contribution in [1.82, 2.24) is 15.1 Å². The van der Waals surface area contributed by atoms with Gasteiger partial charge in [0.15, 0.2) is 0 Å². The van der Waals surface area contributed by atoms with E-state index in [2.05, 4.69) is 17.1 Å². The number of carbonyl (C=O) groups excluding carboxylic acids is 3. The van der Waals surface area contributed by atoms with Crippen molar-refractivity contribution in [3.05, 3.63) is 71.3 Å². The summed E-state index contributed by atoms with van der Waals surface area (Å²) in [6.07, 6.45) is 4.76. The Morgan fingerprint density at radius 3 is 2.23 bits per heavy atom. The van der Waals surface area contributed by atoms with Crippen LogP contribution in [0.15, 0.2) is 54.6 Å². The first-order chi connectivity index (χ1) is 17.0. The predicted octanol–water partition coefficient (Wildman–Crippen LogP) is 2.91. The topological polar surface area (TPSA) is 95.7 Å². The average Bonchev–Trinajstić information content (AvgIpc) is 2.91. The summed E-state index contributed by atoms with van der Waals surface area (Å²) < 4.78 is 0. The molecule has 1 saturated carbocycles. The number of hydrogen-bond acceptors (Lipinski definition) is 4. The van der Waals surface area contributed by atoms with E-state index in [0.717, 1.165) is 50.8 Å². The fourth-order valence-electron chi connectivity index (χ4n) is 5.39. The minimum Gasteiger partial charge on any atom is -0.368 e. The zero-order valence-electron chi connectivity index (χ0n) is 20.5. The summed E-state index contributed by atoms with van der Waals surface area (Å²) in [6.45, 7) is 4.88. The van der Waals surface area contributed by atoms with Gasteiger partial charge < -0.3 is 16.0 Å². The highest BCUT2D eigenvalue weighted by molar-refractivity contribution is 5.94. The van der Waals surface area contributed by atoms with Crippen molar-refractivity contribution in [3.63, 3.8) is 0 Å². The third kappa shape index (κ3) is 5.90. The summed E-state index contributed by atoms with van der Waals surface area (Å²) in [5.41, 5.74) is 8.27. The number of nitrogens with two attached hydrogens (primary N) is 1. The predicted molar refractivity (Wildman–Crippen MR) is 136 cm³/mol. The number of carbonyl (C=O) groups is 3. The minimum atomic E-state index is -0.833. The third-order valence-corrected chi connectivity index (χ3v) is 7.45. The quantitative estimate of drug-likeness (QED) is 0.642. The fraction of sp³-hybridized carbons (Fsp3) is 0.464. The monoisotopic (exact) mass is 476 g/mol. The fourth-order valence-corrected chi connectivity index (χ4v) is 5.39. The lowest BCUT2D eigenvalue weighted by atomic mass is 9.82. The highest BCUT2D eigenvalue weighted by Crippen LogP contribution is 2.30. The summed E-state index contributed by atoms with van der Waals surface area (Å²) in [6, 6.07) is 16.3. The van der Waals surface area contributed by atoms with E-state index in [0.29, 0.717) is 18.7 Å². The van der Waals surface area contributed by atoms with Crippen molar-refractivity contribution in [2.75, 3.05) is 26.2 Å². The van der Waals surface area contributed by atoms with Gasteiger partial charge in [0.05, 0.1) is 5.92 Å². The second-order valence-corrected chi connectivity index (χ2v) is 9.59. The number of nitrogens with one attached hydrogen (secondary N) is 1. The summed E-state index contributed by atoms with van der Waals surface area (Å²) in [4.78, 5) is 42.7. The third-order valence-electron chi connectivity index (χ3n) is 7.45. The molecule has 0 aromatic heterocycles. The van der Waals surface area contributed by atoms with Crippen molar-refractivity contribution in [1.29, 1.82) is 0 Å². The molecule has 7 nitrogen and oxygen atoms in total. The lowest BCUT2D eigenvalue weighted by molar-refractivity contribution is -0.133. The summed E-state index contributed by atoms with van der Waals surface area (Å²) >= 11 is 0. The Morgan fingerprint density at radius 2 is 1.60 bits per heavy atom. The Labute approximate surface area is 207 Å². The molecule has 0 radical (unpaired) electrons. The number of nitrogens with zero attached hydrogens (tertiary/aromatic N) is 2. The first-order valence-corrected chi connectivity index (χ1v) is 12.7. The van der Waals surface area contributed by atoms with Crippen LogP contribution in [0.4, 0.5) is 0 Å². The molecule has 35 heavy (non-hydrogen) atoms. The number of piperazine rings is 1. The van der Waals surface area contributed by atoms with Crippen LogP contribution in [0.1, 0.15) is 60.1 Å². The van der Waals surface area contributed by atoms with E-state index >= 15 is 0 Å². The van der Waals surface area contributed by atoms with Crippen LogP contribution in [0, 0.1) is 5.92 Å². The number of primary amides is 1. The molecule has 3 N–H and O–H groups in total. The van der Waals surface area contributed by atoms with Gasteiger partial charge in [0.1, 0.15) is 6.04 Å². The second-order valence-electron chi connectivity index (χ2n) is 9.59. The summed E-state index contributed by atoms with van der Waals surface area (Å²) in [5, 5.41) is 2.92. The lowest BCUT2D eigenvalue weighted by Crippen LogP contribution is -2.56. The Hall–Kier alpha value is -3.19. The molecule has 7 heteroatoms.